The molecule has 6 heteroatoms. The molecule has 104 valence electrons. The predicted octanol–water partition coefficient (Wildman–Crippen LogP) is -0.0646. The first-order chi connectivity index (χ1) is 9.74. The number of piperazine rings is 1. The number of hydrogen-bond acceptors (Lipinski definition) is 4. The molecule has 1 aliphatic rings. The molecule has 0 spiro atoms. The summed E-state index contributed by atoms with van der Waals surface area (Å²) in [5.74, 6) is 0. The molecule has 1 fully saturated rings. The van der Waals surface area contributed by atoms with Gasteiger partial charge in [-0.3, -0.25) is 14.3 Å². The van der Waals surface area contributed by atoms with Crippen LogP contribution in [-0.2, 0) is 0 Å². The summed E-state index contributed by atoms with van der Waals surface area (Å²) in [5.41, 5.74) is 1.08. The molecule has 3 rings (SSSR count). The molecule has 0 saturated carbocycles. The quantitative estimate of drug-likeness (QED) is 0.803. The zero-order chi connectivity index (χ0) is 13.9. The highest BCUT2D eigenvalue weighted by molar-refractivity contribution is 5.51. The molecule has 2 heterocycles. The van der Waals surface area contributed by atoms with E-state index in [0.717, 1.165) is 37.6 Å². The Hall–Kier alpha value is -2.34. The van der Waals surface area contributed by atoms with Crippen molar-refractivity contribution < 1.29 is 0 Å². The van der Waals surface area contributed by atoms with Crippen molar-refractivity contribution in [3.63, 3.8) is 0 Å². The maximum Gasteiger partial charge on any atom is 0.332 e. The van der Waals surface area contributed by atoms with Crippen molar-refractivity contribution in [2.75, 3.05) is 31.1 Å². The van der Waals surface area contributed by atoms with Crippen molar-refractivity contribution in [3.05, 3.63) is 57.4 Å². The Morgan fingerprint density at radius 2 is 1.55 bits per heavy atom. The standard InChI is InChI=1S/C14H16N4O2/c19-13-5-8-18(14(20)16-13)12-3-1-11(2-4-12)17-9-6-15-7-10-17/h1-5,8,15H,6-7,9-10H2,(H,16,19,20). The van der Waals surface area contributed by atoms with Crippen LogP contribution in [-0.4, -0.2) is 35.7 Å². The Bertz CT molecular complexity index is 696. The van der Waals surface area contributed by atoms with E-state index in [0.29, 0.717) is 0 Å². The average molecular weight is 272 g/mol. The maximum atomic E-state index is 11.7. The van der Waals surface area contributed by atoms with Crippen LogP contribution < -0.4 is 21.5 Å². The summed E-state index contributed by atoms with van der Waals surface area (Å²) >= 11 is 0. The fraction of sp³-hybridized carbons (Fsp3) is 0.286. The highest BCUT2D eigenvalue weighted by atomic mass is 16.2. The van der Waals surface area contributed by atoms with Crippen molar-refractivity contribution in [1.29, 1.82) is 0 Å². The summed E-state index contributed by atoms with van der Waals surface area (Å²) in [7, 11) is 0. The number of rotatable bonds is 2. The van der Waals surface area contributed by atoms with Crippen LogP contribution in [0.15, 0.2) is 46.1 Å². The number of aromatic amines is 1. The van der Waals surface area contributed by atoms with Gasteiger partial charge in [-0.25, -0.2) is 4.79 Å². The lowest BCUT2D eigenvalue weighted by molar-refractivity contribution is 0.589. The fourth-order valence-corrected chi connectivity index (χ4v) is 2.37. The lowest BCUT2D eigenvalue weighted by atomic mass is 10.2. The van der Waals surface area contributed by atoms with Crippen molar-refractivity contribution in [1.82, 2.24) is 14.9 Å². The molecule has 1 aromatic carbocycles. The van der Waals surface area contributed by atoms with Crippen LogP contribution in [0.3, 0.4) is 0 Å². The molecule has 1 aromatic heterocycles. The smallest absolute Gasteiger partial charge is 0.332 e. The number of nitrogens with zero attached hydrogens (tertiary/aromatic N) is 2. The van der Waals surface area contributed by atoms with E-state index in [1.165, 1.54) is 16.8 Å². The van der Waals surface area contributed by atoms with Gasteiger partial charge in [0.05, 0.1) is 5.69 Å². The van der Waals surface area contributed by atoms with E-state index in [9.17, 15) is 9.59 Å². The number of H-pyrrole nitrogens is 1. The van der Waals surface area contributed by atoms with E-state index in [1.54, 1.807) is 0 Å². The highest BCUT2D eigenvalue weighted by Crippen LogP contribution is 2.16. The summed E-state index contributed by atoms with van der Waals surface area (Å²) in [6, 6.07) is 9.11. The molecule has 1 saturated heterocycles. The van der Waals surface area contributed by atoms with Gasteiger partial charge in [-0.15, -0.1) is 0 Å². The average Bonchev–Trinajstić information content (AvgIpc) is 2.48. The molecule has 1 aliphatic heterocycles. The molecule has 0 atom stereocenters. The molecule has 0 amide bonds. The van der Waals surface area contributed by atoms with Crippen molar-refractivity contribution in [3.8, 4) is 5.69 Å². The van der Waals surface area contributed by atoms with Crippen LogP contribution in [0.1, 0.15) is 0 Å². The van der Waals surface area contributed by atoms with Crippen LogP contribution in [0.4, 0.5) is 5.69 Å². The highest BCUT2D eigenvalue weighted by Gasteiger charge is 2.10. The van der Waals surface area contributed by atoms with Crippen molar-refractivity contribution >= 4 is 5.69 Å². The van der Waals surface area contributed by atoms with Crippen LogP contribution >= 0.6 is 0 Å². The molecular formula is C14H16N4O2. The van der Waals surface area contributed by atoms with E-state index >= 15 is 0 Å². The summed E-state index contributed by atoms with van der Waals surface area (Å²) in [6.45, 7) is 3.94. The van der Waals surface area contributed by atoms with Gasteiger partial charge in [0, 0.05) is 44.1 Å². The Morgan fingerprint density at radius 3 is 2.20 bits per heavy atom. The molecule has 6 nitrogen and oxygen atoms in total. The van der Waals surface area contributed by atoms with Gasteiger partial charge in [-0.1, -0.05) is 0 Å². The molecule has 0 radical (unpaired) electrons. The van der Waals surface area contributed by atoms with Gasteiger partial charge in [0.1, 0.15) is 0 Å². The van der Waals surface area contributed by atoms with E-state index in [4.69, 9.17) is 0 Å². The summed E-state index contributed by atoms with van der Waals surface area (Å²) in [4.78, 5) is 27.3. The number of anilines is 1. The second-order valence-electron chi connectivity index (χ2n) is 4.73. The second kappa shape index (κ2) is 5.34. The van der Waals surface area contributed by atoms with Gasteiger partial charge in [0.2, 0.25) is 0 Å². The van der Waals surface area contributed by atoms with E-state index in [2.05, 4.69) is 15.2 Å². The van der Waals surface area contributed by atoms with Crippen LogP contribution in [0, 0.1) is 0 Å². The number of hydrogen-bond donors (Lipinski definition) is 2. The minimum absolute atomic E-state index is 0.385. The number of aromatic nitrogens is 2. The minimum Gasteiger partial charge on any atom is -0.369 e. The van der Waals surface area contributed by atoms with E-state index in [-0.39, 0.29) is 5.56 Å². The van der Waals surface area contributed by atoms with Gasteiger partial charge >= 0.3 is 5.69 Å². The van der Waals surface area contributed by atoms with E-state index in [1.807, 2.05) is 24.3 Å². The molecule has 0 bridgehead atoms. The summed E-state index contributed by atoms with van der Waals surface area (Å²) in [5, 5.41) is 3.31. The van der Waals surface area contributed by atoms with Crippen LogP contribution in [0.25, 0.3) is 5.69 Å². The Kier molecular flexibility index (Phi) is 3.39. The molecular weight excluding hydrogens is 256 g/mol. The minimum atomic E-state index is -0.424. The lowest BCUT2D eigenvalue weighted by Gasteiger charge is -2.29. The van der Waals surface area contributed by atoms with Gasteiger partial charge < -0.3 is 10.2 Å². The van der Waals surface area contributed by atoms with Crippen LogP contribution in [0.2, 0.25) is 0 Å². The monoisotopic (exact) mass is 272 g/mol. The predicted molar refractivity (Wildman–Crippen MR) is 77.7 cm³/mol. The Balaban J connectivity index is 1.89. The van der Waals surface area contributed by atoms with Gasteiger partial charge in [-0.05, 0) is 24.3 Å². The van der Waals surface area contributed by atoms with Crippen LogP contribution in [0.5, 0.6) is 0 Å². The van der Waals surface area contributed by atoms with E-state index < -0.39 is 5.69 Å². The van der Waals surface area contributed by atoms with Gasteiger partial charge in [0.15, 0.2) is 0 Å². The molecule has 0 aliphatic carbocycles. The Morgan fingerprint density at radius 1 is 0.900 bits per heavy atom. The SMILES string of the molecule is O=c1ccn(-c2ccc(N3CCNCC3)cc2)c(=O)[nH]1. The third kappa shape index (κ3) is 2.50. The third-order valence-corrected chi connectivity index (χ3v) is 3.43. The fourth-order valence-electron chi connectivity index (χ4n) is 2.37. The molecule has 2 N–H and O–H groups in total. The van der Waals surface area contributed by atoms with Gasteiger partial charge in [-0.2, -0.15) is 0 Å². The normalized spacial score (nSPS) is 15.3. The lowest BCUT2D eigenvalue weighted by Crippen LogP contribution is -2.43. The van der Waals surface area contributed by atoms with Gasteiger partial charge in [0.25, 0.3) is 5.56 Å². The van der Waals surface area contributed by atoms with Crippen molar-refractivity contribution in [2.24, 2.45) is 0 Å². The van der Waals surface area contributed by atoms with Crippen molar-refractivity contribution in [2.45, 2.75) is 0 Å². The molecule has 0 unspecified atom stereocenters. The topological polar surface area (TPSA) is 70.1 Å². The summed E-state index contributed by atoms with van der Waals surface area (Å²) in [6.07, 6.45) is 1.49. The number of nitrogens with one attached hydrogen (secondary N) is 2. The number of benzene rings is 1. The zero-order valence-corrected chi connectivity index (χ0v) is 11.0. The first-order valence-corrected chi connectivity index (χ1v) is 6.62. The first-order valence-electron chi connectivity index (χ1n) is 6.62. The molecule has 20 heavy (non-hydrogen) atoms. The largest absolute Gasteiger partial charge is 0.369 e. The molecule has 2 aromatic rings. The first kappa shape index (κ1) is 12.7. The summed E-state index contributed by atoms with van der Waals surface area (Å²) < 4.78 is 1.42. The Labute approximate surface area is 115 Å². The zero-order valence-electron chi connectivity index (χ0n) is 11.0. The third-order valence-electron chi connectivity index (χ3n) is 3.43. The maximum absolute atomic E-state index is 11.7. The second-order valence-corrected chi connectivity index (χ2v) is 4.73.